The first kappa shape index (κ1) is 26.9. The Morgan fingerprint density at radius 1 is 0.947 bits per heavy atom. The minimum absolute atomic E-state index is 0.0409. The first-order valence-electron chi connectivity index (χ1n) is 12.8. The maximum absolute atomic E-state index is 12.6. The largest absolute Gasteiger partial charge is 0.457 e. The molecule has 0 saturated carbocycles. The van der Waals surface area contributed by atoms with Crippen molar-refractivity contribution in [3.63, 3.8) is 0 Å². The summed E-state index contributed by atoms with van der Waals surface area (Å²) >= 11 is 0. The van der Waals surface area contributed by atoms with E-state index in [-0.39, 0.29) is 42.8 Å². The highest BCUT2D eigenvalue weighted by atomic mass is 16.5. The summed E-state index contributed by atoms with van der Waals surface area (Å²) in [6, 6.07) is 24.5. The Morgan fingerprint density at radius 2 is 1.55 bits per heavy atom. The SMILES string of the molecule is C[C@H](NC(=O)COC(=O)[C@H]1CC(=O)N(c2ccc(Oc3ccc(C(C)(C)C)cc3)cc2)C1)c1ccccc1. The van der Waals surface area contributed by atoms with Gasteiger partial charge in [-0.15, -0.1) is 0 Å². The molecule has 1 heterocycles. The monoisotopic (exact) mass is 514 g/mol. The number of hydrogen-bond donors (Lipinski definition) is 1. The summed E-state index contributed by atoms with van der Waals surface area (Å²) in [4.78, 5) is 39.0. The molecule has 0 unspecified atom stereocenters. The van der Waals surface area contributed by atoms with Gasteiger partial charge in [-0.2, -0.15) is 0 Å². The Labute approximate surface area is 223 Å². The lowest BCUT2D eigenvalue weighted by molar-refractivity contribution is -0.152. The highest BCUT2D eigenvalue weighted by Crippen LogP contribution is 2.30. The van der Waals surface area contributed by atoms with Crippen molar-refractivity contribution in [1.82, 2.24) is 5.32 Å². The number of ether oxygens (including phenoxy) is 2. The second-order valence-corrected chi connectivity index (χ2v) is 10.6. The van der Waals surface area contributed by atoms with Crippen molar-refractivity contribution in [2.45, 2.75) is 45.6 Å². The van der Waals surface area contributed by atoms with Crippen LogP contribution in [0.4, 0.5) is 5.69 Å². The Morgan fingerprint density at radius 3 is 2.16 bits per heavy atom. The van der Waals surface area contributed by atoms with Gasteiger partial charge in [-0.1, -0.05) is 63.2 Å². The second kappa shape index (κ2) is 11.5. The fourth-order valence-corrected chi connectivity index (χ4v) is 4.33. The van der Waals surface area contributed by atoms with Gasteiger partial charge >= 0.3 is 5.97 Å². The van der Waals surface area contributed by atoms with E-state index < -0.39 is 11.9 Å². The fraction of sp³-hybridized carbons (Fsp3) is 0.323. The van der Waals surface area contributed by atoms with Gasteiger partial charge < -0.3 is 19.7 Å². The summed E-state index contributed by atoms with van der Waals surface area (Å²) in [5.74, 6) is -0.357. The van der Waals surface area contributed by atoms with Gasteiger partial charge in [0.1, 0.15) is 11.5 Å². The van der Waals surface area contributed by atoms with Crippen LogP contribution in [0.5, 0.6) is 11.5 Å². The van der Waals surface area contributed by atoms with Crippen LogP contribution in [0.15, 0.2) is 78.9 Å². The van der Waals surface area contributed by atoms with Crippen molar-refractivity contribution in [2.75, 3.05) is 18.1 Å². The second-order valence-electron chi connectivity index (χ2n) is 10.6. The molecule has 0 bridgehead atoms. The number of benzene rings is 3. The van der Waals surface area contributed by atoms with E-state index in [0.29, 0.717) is 11.4 Å². The zero-order valence-electron chi connectivity index (χ0n) is 22.3. The van der Waals surface area contributed by atoms with Gasteiger partial charge in [0.2, 0.25) is 5.91 Å². The van der Waals surface area contributed by atoms with E-state index in [1.165, 1.54) is 5.56 Å². The van der Waals surface area contributed by atoms with Gasteiger partial charge in [0, 0.05) is 18.7 Å². The number of anilines is 1. The number of carbonyl (C=O) groups excluding carboxylic acids is 3. The summed E-state index contributed by atoms with van der Waals surface area (Å²) in [6.07, 6.45) is 0.0409. The Hall–Kier alpha value is -4.13. The number of carbonyl (C=O) groups is 3. The highest BCUT2D eigenvalue weighted by Gasteiger charge is 2.36. The summed E-state index contributed by atoms with van der Waals surface area (Å²) in [7, 11) is 0. The van der Waals surface area contributed by atoms with Crippen LogP contribution < -0.4 is 15.0 Å². The third kappa shape index (κ3) is 6.79. The van der Waals surface area contributed by atoms with Gasteiger partial charge in [-0.3, -0.25) is 14.4 Å². The topological polar surface area (TPSA) is 84.9 Å². The van der Waals surface area contributed by atoms with E-state index in [1.54, 1.807) is 29.2 Å². The zero-order chi connectivity index (χ0) is 27.3. The minimum atomic E-state index is -0.626. The van der Waals surface area contributed by atoms with Crippen LogP contribution in [-0.2, 0) is 24.5 Å². The standard InChI is InChI=1S/C31H34N2O5/c1-21(22-8-6-5-7-9-22)32-28(34)20-37-30(36)23-18-29(35)33(19-23)25-12-16-27(17-13-25)38-26-14-10-24(11-15-26)31(2,3)4/h5-17,21,23H,18-20H2,1-4H3,(H,32,34)/t21-,23-/m0/s1. The van der Waals surface area contributed by atoms with Crippen LogP contribution in [0.1, 0.15) is 51.3 Å². The molecular weight excluding hydrogens is 480 g/mol. The third-order valence-electron chi connectivity index (χ3n) is 6.59. The number of esters is 1. The van der Waals surface area contributed by atoms with E-state index in [9.17, 15) is 14.4 Å². The van der Waals surface area contributed by atoms with Gasteiger partial charge in [-0.05, 0) is 59.9 Å². The average molecular weight is 515 g/mol. The van der Waals surface area contributed by atoms with Crippen molar-refractivity contribution >= 4 is 23.5 Å². The zero-order valence-corrected chi connectivity index (χ0v) is 22.3. The third-order valence-corrected chi connectivity index (χ3v) is 6.59. The van der Waals surface area contributed by atoms with E-state index in [0.717, 1.165) is 11.3 Å². The summed E-state index contributed by atoms with van der Waals surface area (Å²) in [5.41, 5.74) is 2.93. The molecule has 38 heavy (non-hydrogen) atoms. The molecule has 1 aliphatic heterocycles. The van der Waals surface area contributed by atoms with Crippen LogP contribution in [0.25, 0.3) is 0 Å². The first-order valence-corrected chi connectivity index (χ1v) is 12.8. The Kier molecular flexibility index (Phi) is 8.15. The summed E-state index contributed by atoms with van der Waals surface area (Å²) < 4.78 is 11.2. The average Bonchev–Trinajstić information content (AvgIpc) is 3.29. The molecule has 0 aromatic heterocycles. The number of nitrogens with one attached hydrogen (secondary N) is 1. The first-order chi connectivity index (χ1) is 18.1. The molecule has 2 atom stereocenters. The lowest BCUT2D eigenvalue weighted by Gasteiger charge is -2.19. The van der Waals surface area contributed by atoms with Crippen LogP contribution in [0.2, 0.25) is 0 Å². The molecule has 0 radical (unpaired) electrons. The van der Waals surface area contributed by atoms with Gasteiger partial charge in [0.15, 0.2) is 6.61 Å². The highest BCUT2D eigenvalue weighted by molar-refractivity contribution is 5.99. The number of hydrogen-bond acceptors (Lipinski definition) is 5. The summed E-state index contributed by atoms with van der Waals surface area (Å²) in [6.45, 7) is 8.17. The molecule has 1 fully saturated rings. The number of rotatable bonds is 8. The van der Waals surface area contributed by atoms with Gasteiger partial charge in [-0.25, -0.2) is 0 Å². The molecular formula is C31H34N2O5. The molecule has 7 heteroatoms. The van der Waals surface area contributed by atoms with E-state index in [4.69, 9.17) is 9.47 Å². The molecule has 1 saturated heterocycles. The molecule has 3 aromatic rings. The van der Waals surface area contributed by atoms with E-state index in [1.807, 2.05) is 49.4 Å². The Balaban J connectivity index is 1.27. The lowest BCUT2D eigenvalue weighted by Crippen LogP contribution is -2.32. The maximum Gasteiger partial charge on any atom is 0.311 e. The molecule has 2 amide bonds. The smallest absolute Gasteiger partial charge is 0.311 e. The van der Waals surface area contributed by atoms with Crippen molar-refractivity contribution in [3.8, 4) is 11.5 Å². The predicted molar refractivity (Wildman–Crippen MR) is 146 cm³/mol. The van der Waals surface area contributed by atoms with Crippen molar-refractivity contribution in [2.24, 2.45) is 5.92 Å². The quantitative estimate of drug-likeness (QED) is 0.399. The van der Waals surface area contributed by atoms with E-state index >= 15 is 0 Å². The van der Waals surface area contributed by atoms with Crippen molar-refractivity contribution < 1.29 is 23.9 Å². The lowest BCUT2D eigenvalue weighted by atomic mass is 9.87. The molecule has 3 aromatic carbocycles. The molecule has 7 nitrogen and oxygen atoms in total. The normalized spacial score (nSPS) is 16.2. The molecule has 198 valence electrons. The van der Waals surface area contributed by atoms with Crippen LogP contribution in [0, 0.1) is 5.92 Å². The van der Waals surface area contributed by atoms with Crippen LogP contribution in [0.3, 0.4) is 0 Å². The van der Waals surface area contributed by atoms with Crippen molar-refractivity contribution in [3.05, 3.63) is 90.0 Å². The number of nitrogens with zero attached hydrogens (tertiary/aromatic N) is 1. The molecule has 0 aliphatic carbocycles. The predicted octanol–water partition coefficient (Wildman–Crippen LogP) is 5.55. The minimum Gasteiger partial charge on any atom is -0.457 e. The molecule has 1 N–H and O–H groups in total. The van der Waals surface area contributed by atoms with Crippen molar-refractivity contribution in [1.29, 1.82) is 0 Å². The molecule has 1 aliphatic rings. The van der Waals surface area contributed by atoms with Crippen LogP contribution in [-0.4, -0.2) is 30.9 Å². The maximum atomic E-state index is 12.6. The van der Waals surface area contributed by atoms with Crippen LogP contribution >= 0.6 is 0 Å². The number of amides is 2. The fourth-order valence-electron chi connectivity index (χ4n) is 4.33. The van der Waals surface area contributed by atoms with Gasteiger partial charge in [0.25, 0.3) is 5.91 Å². The molecule has 4 rings (SSSR count). The van der Waals surface area contributed by atoms with Gasteiger partial charge in [0.05, 0.1) is 12.0 Å². The molecule has 0 spiro atoms. The summed E-state index contributed by atoms with van der Waals surface area (Å²) in [5, 5.41) is 2.81. The Bertz CT molecular complexity index is 1260. The van der Waals surface area contributed by atoms with E-state index in [2.05, 4.69) is 38.2 Å².